The summed E-state index contributed by atoms with van der Waals surface area (Å²) in [7, 11) is 0. The zero-order valence-corrected chi connectivity index (χ0v) is 10.3. The van der Waals surface area contributed by atoms with Crippen LogP contribution in [-0.4, -0.2) is 29.0 Å². The molecule has 0 aromatic heterocycles. The number of amides is 1. The van der Waals surface area contributed by atoms with Crippen molar-refractivity contribution in [2.45, 2.75) is 13.0 Å². The number of hydrogen-bond donors (Lipinski definition) is 2. The molecule has 3 N–H and O–H groups in total. The minimum atomic E-state index is -0.522. The lowest BCUT2D eigenvalue weighted by Gasteiger charge is -2.19. The highest BCUT2D eigenvalue weighted by atomic mass is 16.6. The third-order valence-electron chi connectivity index (χ3n) is 3.28. The van der Waals surface area contributed by atoms with Crippen molar-refractivity contribution < 1.29 is 14.8 Å². The smallest absolute Gasteiger partial charge is 0.271 e. The van der Waals surface area contributed by atoms with Crippen LogP contribution in [0.25, 0.3) is 0 Å². The third kappa shape index (κ3) is 2.56. The van der Waals surface area contributed by atoms with E-state index in [4.69, 9.17) is 5.73 Å². The highest BCUT2D eigenvalue weighted by Crippen LogP contribution is 2.31. The molecule has 1 heterocycles. The van der Waals surface area contributed by atoms with Crippen molar-refractivity contribution in [1.82, 2.24) is 0 Å². The zero-order chi connectivity index (χ0) is 14.0. The number of aliphatic hydroxyl groups excluding tert-OH is 1. The van der Waals surface area contributed by atoms with E-state index in [1.807, 2.05) is 0 Å². The maximum Gasteiger partial charge on any atom is 0.271 e. The summed E-state index contributed by atoms with van der Waals surface area (Å²) in [6.07, 6.45) is 0.337. The van der Waals surface area contributed by atoms with Gasteiger partial charge in [-0.2, -0.15) is 0 Å². The van der Waals surface area contributed by atoms with Gasteiger partial charge >= 0.3 is 0 Å². The summed E-state index contributed by atoms with van der Waals surface area (Å²) in [5.74, 6) is -0.0658. The van der Waals surface area contributed by atoms with Gasteiger partial charge in [-0.1, -0.05) is 0 Å². The van der Waals surface area contributed by atoms with Gasteiger partial charge in [0.15, 0.2) is 0 Å². The van der Waals surface area contributed by atoms with E-state index in [9.17, 15) is 20.0 Å². The molecule has 2 rings (SSSR count). The normalized spacial score (nSPS) is 18.9. The van der Waals surface area contributed by atoms with Gasteiger partial charge in [-0.15, -0.1) is 0 Å². The first-order chi connectivity index (χ1) is 9.06. The summed E-state index contributed by atoms with van der Waals surface area (Å²) < 4.78 is 0. The van der Waals surface area contributed by atoms with E-state index >= 15 is 0 Å². The van der Waals surface area contributed by atoms with Crippen molar-refractivity contribution >= 4 is 17.3 Å². The van der Waals surface area contributed by atoms with E-state index in [-0.39, 0.29) is 24.1 Å². The van der Waals surface area contributed by atoms with E-state index in [0.29, 0.717) is 30.8 Å². The van der Waals surface area contributed by atoms with E-state index in [0.717, 1.165) is 0 Å². The number of nitro benzene ring substituents is 1. The van der Waals surface area contributed by atoms with E-state index < -0.39 is 4.92 Å². The average Bonchev–Trinajstić information content (AvgIpc) is 2.79. The SMILES string of the molecule is NCC1CC(=O)N(c2cc([N+](=O)[O-])ccc2CO)C1. The predicted octanol–water partition coefficient (Wildman–Crippen LogP) is 0.399. The van der Waals surface area contributed by atoms with Crippen LogP contribution in [0.4, 0.5) is 11.4 Å². The Kier molecular flexibility index (Phi) is 3.77. The Morgan fingerprint density at radius 1 is 1.53 bits per heavy atom. The summed E-state index contributed by atoms with van der Waals surface area (Å²) in [4.78, 5) is 23.6. The van der Waals surface area contributed by atoms with Gasteiger partial charge in [-0.3, -0.25) is 14.9 Å². The summed E-state index contributed by atoms with van der Waals surface area (Å²) in [6, 6.07) is 4.11. The predicted molar refractivity (Wildman–Crippen MR) is 68.5 cm³/mol. The molecule has 1 saturated heterocycles. The number of non-ortho nitro benzene ring substituents is 1. The van der Waals surface area contributed by atoms with Gasteiger partial charge < -0.3 is 15.7 Å². The zero-order valence-electron chi connectivity index (χ0n) is 10.3. The van der Waals surface area contributed by atoms with Gasteiger partial charge in [0, 0.05) is 30.7 Å². The van der Waals surface area contributed by atoms with Crippen molar-refractivity contribution in [3.63, 3.8) is 0 Å². The second kappa shape index (κ2) is 5.33. The Morgan fingerprint density at radius 2 is 2.26 bits per heavy atom. The first-order valence-corrected chi connectivity index (χ1v) is 5.95. The molecule has 19 heavy (non-hydrogen) atoms. The van der Waals surface area contributed by atoms with Crippen molar-refractivity contribution in [2.24, 2.45) is 11.7 Å². The second-order valence-electron chi connectivity index (χ2n) is 4.54. The molecule has 0 aliphatic carbocycles. The van der Waals surface area contributed by atoms with Crippen LogP contribution in [-0.2, 0) is 11.4 Å². The topological polar surface area (TPSA) is 110 Å². The maximum atomic E-state index is 11.9. The number of nitrogens with two attached hydrogens (primary N) is 1. The van der Waals surface area contributed by atoms with Gasteiger partial charge in [0.2, 0.25) is 5.91 Å². The molecular formula is C12H15N3O4. The van der Waals surface area contributed by atoms with Crippen LogP contribution in [0.3, 0.4) is 0 Å². The Balaban J connectivity index is 2.39. The number of aliphatic hydroxyl groups is 1. The van der Waals surface area contributed by atoms with Crippen LogP contribution in [0.1, 0.15) is 12.0 Å². The lowest BCUT2D eigenvalue weighted by Crippen LogP contribution is -2.26. The monoisotopic (exact) mass is 265 g/mol. The maximum absolute atomic E-state index is 11.9. The summed E-state index contributed by atoms with van der Waals surface area (Å²) in [5.41, 5.74) is 6.35. The largest absolute Gasteiger partial charge is 0.392 e. The molecule has 0 radical (unpaired) electrons. The highest BCUT2D eigenvalue weighted by molar-refractivity contribution is 5.96. The number of anilines is 1. The standard InChI is InChI=1S/C12H15N3O4/c13-5-8-3-12(17)14(6-8)11-4-10(15(18)19)2-1-9(11)7-16/h1-2,4,8,16H,3,5-7,13H2. The molecule has 1 aliphatic heterocycles. The average molecular weight is 265 g/mol. The molecule has 7 heteroatoms. The molecule has 102 valence electrons. The molecule has 0 saturated carbocycles. The minimum Gasteiger partial charge on any atom is -0.392 e. The van der Waals surface area contributed by atoms with Gasteiger partial charge in [0.1, 0.15) is 0 Å². The van der Waals surface area contributed by atoms with E-state index in [1.165, 1.54) is 23.1 Å². The van der Waals surface area contributed by atoms with E-state index in [1.54, 1.807) is 0 Å². The number of carbonyl (C=O) groups is 1. The van der Waals surface area contributed by atoms with Crippen molar-refractivity contribution in [3.8, 4) is 0 Å². The van der Waals surface area contributed by atoms with Gasteiger partial charge in [-0.25, -0.2) is 0 Å². The van der Waals surface area contributed by atoms with Crippen molar-refractivity contribution in [1.29, 1.82) is 0 Å². The molecule has 1 fully saturated rings. The molecule has 0 spiro atoms. The van der Waals surface area contributed by atoms with Crippen LogP contribution in [0.5, 0.6) is 0 Å². The fraction of sp³-hybridized carbons (Fsp3) is 0.417. The molecule has 1 atom stereocenters. The van der Waals surface area contributed by atoms with Gasteiger partial charge in [-0.05, 0) is 18.5 Å². The number of carbonyl (C=O) groups excluding carboxylic acids is 1. The second-order valence-corrected chi connectivity index (χ2v) is 4.54. The van der Waals surface area contributed by atoms with Gasteiger partial charge in [0.05, 0.1) is 17.2 Å². The number of rotatable bonds is 4. The molecular weight excluding hydrogens is 250 g/mol. The number of nitrogens with zero attached hydrogens (tertiary/aromatic N) is 2. The molecule has 7 nitrogen and oxygen atoms in total. The summed E-state index contributed by atoms with van der Waals surface area (Å²) in [5, 5.41) is 20.1. The van der Waals surface area contributed by atoms with E-state index in [2.05, 4.69) is 0 Å². The van der Waals surface area contributed by atoms with Crippen LogP contribution in [0.2, 0.25) is 0 Å². The highest BCUT2D eigenvalue weighted by Gasteiger charge is 2.31. The van der Waals surface area contributed by atoms with Crippen LogP contribution in [0.15, 0.2) is 18.2 Å². The summed E-state index contributed by atoms with van der Waals surface area (Å²) >= 11 is 0. The first-order valence-electron chi connectivity index (χ1n) is 5.95. The van der Waals surface area contributed by atoms with Crippen LogP contribution >= 0.6 is 0 Å². The Morgan fingerprint density at radius 3 is 2.79 bits per heavy atom. The minimum absolute atomic E-state index is 0.0540. The molecule has 1 aromatic carbocycles. The fourth-order valence-corrected chi connectivity index (χ4v) is 2.22. The Labute approximate surface area is 109 Å². The molecule has 1 unspecified atom stereocenters. The number of hydrogen-bond acceptors (Lipinski definition) is 5. The van der Waals surface area contributed by atoms with Crippen LogP contribution in [0, 0.1) is 16.0 Å². The Bertz CT molecular complexity index is 518. The molecule has 1 aliphatic rings. The lowest BCUT2D eigenvalue weighted by atomic mass is 10.1. The van der Waals surface area contributed by atoms with Crippen LogP contribution < -0.4 is 10.6 Å². The quantitative estimate of drug-likeness (QED) is 0.604. The van der Waals surface area contributed by atoms with Gasteiger partial charge in [0.25, 0.3) is 5.69 Å². The van der Waals surface area contributed by atoms with Crippen molar-refractivity contribution in [3.05, 3.63) is 33.9 Å². The number of nitro groups is 1. The molecule has 0 bridgehead atoms. The third-order valence-corrected chi connectivity index (χ3v) is 3.28. The van der Waals surface area contributed by atoms with Crippen molar-refractivity contribution in [2.75, 3.05) is 18.0 Å². The first kappa shape index (κ1) is 13.4. The number of benzene rings is 1. The fourth-order valence-electron chi connectivity index (χ4n) is 2.22. The summed E-state index contributed by atoms with van der Waals surface area (Å²) in [6.45, 7) is 0.555. The Hall–Kier alpha value is -1.99. The molecule has 1 amide bonds. The molecule has 1 aromatic rings. The lowest BCUT2D eigenvalue weighted by molar-refractivity contribution is -0.384.